The van der Waals surface area contributed by atoms with Gasteiger partial charge in [0.1, 0.15) is 5.76 Å². The van der Waals surface area contributed by atoms with Gasteiger partial charge < -0.3 is 9.84 Å². The number of nitrogens with one attached hydrogen (secondary N) is 1. The average Bonchev–Trinajstić information content (AvgIpc) is 2.79. The maximum absolute atomic E-state index is 12.0. The molecule has 1 unspecified atom stereocenters. The molecule has 1 amide bonds. The van der Waals surface area contributed by atoms with E-state index in [1.54, 1.807) is 11.8 Å². The van der Waals surface area contributed by atoms with E-state index in [-0.39, 0.29) is 11.9 Å². The number of thioether (sulfide) groups is 1. The molecule has 22 heavy (non-hydrogen) atoms. The fraction of sp³-hybridized carbons (Fsp3) is 0.375. The van der Waals surface area contributed by atoms with Gasteiger partial charge >= 0.3 is 0 Å². The monoisotopic (exact) mass is 338 g/mol. The molecule has 0 saturated heterocycles. The molecule has 0 radical (unpaired) electrons. The van der Waals surface area contributed by atoms with Crippen LogP contribution in [0.4, 0.5) is 0 Å². The number of amides is 1. The highest BCUT2D eigenvalue weighted by atomic mass is 35.5. The fourth-order valence-corrected chi connectivity index (χ4v) is 3.18. The number of hydrogen-bond acceptors (Lipinski definition) is 4. The van der Waals surface area contributed by atoms with Crippen molar-refractivity contribution in [2.45, 2.75) is 32.6 Å². The van der Waals surface area contributed by atoms with Crippen LogP contribution in [0.25, 0.3) is 0 Å². The molecule has 4 nitrogen and oxygen atoms in total. The fourth-order valence-electron chi connectivity index (χ4n) is 2.07. The Morgan fingerprint density at radius 1 is 1.36 bits per heavy atom. The maximum Gasteiger partial charge on any atom is 0.230 e. The van der Waals surface area contributed by atoms with Crippen LogP contribution in [0.3, 0.4) is 0 Å². The van der Waals surface area contributed by atoms with Crippen molar-refractivity contribution in [3.63, 3.8) is 0 Å². The van der Waals surface area contributed by atoms with Crippen LogP contribution in [-0.4, -0.2) is 16.8 Å². The van der Waals surface area contributed by atoms with Crippen LogP contribution < -0.4 is 5.32 Å². The van der Waals surface area contributed by atoms with Crippen LogP contribution in [-0.2, 0) is 10.5 Å². The number of hydrogen-bond donors (Lipinski definition) is 1. The van der Waals surface area contributed by atoms with E-state index in [0.717, 1.165) is 28.3 Å². The van der Waals surface area contributed by atoms with E-state index < -0.39 is 0 Å². The quantitative estimate of drug-likeness (QED) is 0.863. The summed E-state index contributed by atoms with van der Waals surface area (Å²) in [6, 6.07) is 7.45. The molecule has 1 aromatic carbocycles. The van der Waals surface area contributed by atoms with Crippen molar-refractivity contribution in [3.8, 4) is 0 Å². The van der Waals surface area contributed by atoms with Crippen molar-refractivity contribution >= 4 is 29.3 Å². The lowest BCUT2D eigenvalue weighted by Gasteiger charge is -2.14. The summed E-state index contributed by atoms with van der Waals surface area (Å²) in [6.07, 6.45) is 0. The molecule has 0 aliphatic rings. The molecule has 2 rings (SSSR count). The Kier molecular flexibility index (Phi) is 5.91. The van der Waals surface area contributed by atoms with Gasteiger partial charge in [0.05, 0.1) is 17.5 Å². The van der Waals surface area contributed by atoms with Gasteiger partial charge in [-0.25, -0.2) is 0 Å². The summed E-state index contributed by atoms with van der Waals surface area (Å²) >= 11 is 7.42. The van der Waals surface area contributed by atoms with Gasteiger partial charge in [0.25, 0.3) is 0 Å². The van der Waals surface area contributed by atoms with Gasteiger partial charge in [-0.1, -0.05) is 28.9 Å². The first-order valence-corrected chi connectivity index (χ1v) is 8.55. The Bertz CT molecular complexity index is 621. The molecule has 0 spiro atoms. The molecular weight excluding hydrogens is 320 g/mol. The third-order valence-electron chi connectivity index (χ3n) is 3.41. The Hall–Kier alpha value is -1.46. The van der Waals surface area contributed by atoms with Crippen LogP contribution >= 0.6 is 23.4 Å². The zero-order valence-corrected chi connectivity index (χ0v) is 14.4. The van der Waals surface area contributed by atoms with Crippen molar-refractivity contribution in [1.29, 1.82) is 0 Å². The first-order valence-electron chi connectivity index (χ1n) is 7.01. The van der Waals surface area contributed by atoms with Gasteiger partial charge in [-0.2, -0.15) is 0 Å². The highest BCUT2D eigenvalue weighted by Gasteiger charge is 2.12. The molecule has 1 aromatic heterocycles. The third-order valence-corrected chi connectivity index (χ3v) is 4.62. The predicted molar refractivity (Wildman–Crippen MR) is 90.1 cm³/mol. The molecule has 0 saturated carbocycles. The van der Waals surface area contributed by atoms with E-state index in [1.807, 2.05) is 45.0 Å². The summed E-state index contributed by atoms with van der Waals surface area (Å²) in [5.74, 6) is 1.96. The number of rotatable bonds is 6. The summed E-state index contributed by atoms with van der Waals surface area (Å²) in [6.45, 7) is 5.76. The highest BCUT2D eigenvalue weighted by Crippen LogP contribution is 2.20. The van der Waals surface area contributed by atoms with Crippen molar-refractivity contribution in [3.05, 3.63) is 51.9 Å². The summed E-state index contributed by atoms with van der Waals surface area (Å²) in [5.41, 5.74) is 3.00. The molecule has 0 aliphatic carbocycles. The van der Waals surface area contributed by atoms with Crippen LogP contribution in [0.1, 0.15) is 35.5 Å². The SMILES string of the molecule is Cc1noc(C)c1CSCC(=O)NC(C)c1ccc(Cl)cc1. The Morgan fingerprint density at radius 2 is 2.05 bits per heavy atom. The number of aromatic nitrogens is 1. The van der Waals surface area contributed by atoms with E-state index in [9.17, 15) is 4.79 Å². The van der Waals surface area contributed by atoms with Crippen LogP contribution in [0.5, 0.6) is 0 Å². The number of halogens is 1. The van der Waals surface area contributed by atoms with Crippen LogP contribution in [0.15, 0.2) is 28.8 Å². The number of carbonyl (C=O) groups excluding carboxylic acids is 1. The molecule has 0 aliphatic heterocycles. The first-order chi connectivity index (χ1) is 10.5. The lowest BCUT2D eigenvalue weighted by molar-refractivity contribution is -0.119. The zero-order valence-electron chi connectivity index (χ0n) is 12.9. The molecule has 1 atom stereocenters. The molecule has 0 fully saturated rings. The molecule has 2 aromatic rings. The minimum Gasteiger partial charge on any atom is -0.361 e. The number of aryl methyl sites for hydroxylation is 2. The minimum absolute atomic E-state index is 0.0132. The molecule has 118 valence electrons. The second kappa shape index (κ2) is 7.70. The lowest BCUT2D eigenvalue weighted by Crippen LogP contribution is -2.28. The minimum atomic E-state index is -0.0376. The van der Waals surface area contributed by atoms with Gasteiger partial charge in [0.2, 0.25) is 5.91 Å². The Labute approximate surface area is 139 Å². The number of nitrogens with zero attached hydrogens (tertiary/aromatic N) is 1. The number of carbonyl (C=O) groups is 1. The van der Waals surface area contributed by atoms with E-state index in [2.05, 4.69) is 10.5 Å². The van der Waals surface area contributed by atoms with E-state index in [4.69, 9.17) is 16.1 Å². The second-order valence-corrected chi connectivity index (χ2v) is 6.56. The molecule has 1 N–H and O–H groups in total. The average molecular weight is 339 g/mol. The second-order valence-electron chi connectivity index (χ2n) is 5.14. The normalized spacial score (nSPS) is 12.2. The molecule has 6 heteroatoms. The van der Waals surface area contributed by atoms with Crippen molar-refractivity contribution < 1.29 is 9.32 Å². The van der Waals surface area contributed by atoms with Crippen LogP contribution in [0, 0.1) is 13.8 Å². The zero-order chi connectivity index (χ0) is 16.1. The summed E-state index contributed by atoms with van der Waals surface area (Å²) in [5, 5.41) is 7.58. The van der Waals surface area contributed by atoms with E-state index in [1.165, 1.54) is 0 Å². The van der Waals surface area contributed by atoms with Gasteiger partial charge in [-0.3, -0.25) is 4.79 Å². The van der Waals surface area contributed by atoms with Crippen molar-refractivity contribution in [2.75, 3.05) is 5.75 Å². The first kappa shape index (κ1) is 16.9. The van der Waals surface area contributed by atoms with Gasteiger partial charge in [-0.05, 0) is 38.5 Å². The largest absolute Gasteiger partial charge is 0.361 e. The smallest absolute Gasteiger partial charge is 0.230 e. The van der Waals surface area contributed by atoms with Crippen LogP contribution in [0.2, 0.25) is 5.02 Å². The summed E-state index contributed by atoms with van der Waals surface area (Å²) < 4.78 is 5.11. The maximum atomic E-state index is 12.0. The summed E-state index contributed by atoms with van der Waals surface area (Å²) in [4.78, 5) is 12.0. The standard InChI is InChI=1S/C16H19ClN2O2S/c1-10(13-4-6-14(17)7-5-13)18-16(20)9-22-8-15-11(2)19-21-12(15)3/h4-7,10H,8-9H2,1-3H3,(H,18,20). The van der Waals surface area contributed by atoms with Crippen molar-refractivity contribution in [1.82, 2.24) is 10.5 Å². The van der Waals surface area contributed by atoms with Gasteiger partial charge in [0, 0.05) is 16.3 Å². The van der Waals surface area contributed by atoms with E-state index in [0.29, 0.717) is 10.8 Å². The van der Waals surface area contributed by atoms with Gasteiger partial charge in [-0.15, -0.1) is 11.8 Å². The molecule has 0 bridgehead atoms. The van der Waals surface area contributed by atoms with Crippen molar-refractivity contribution in [2.24, 2.45) is 0 Å². The predicted octanol–water partition coefficient (Wildman–Crippen LogP) is 4.06. The lowest BCUT2D eigenvalue weighted by atomic mass is 10.1. The topological polar surface area (TPSA) is 55.1 Å². The third kappa shape index (κ3) is 4.52. The summed E-state index contributed by atoms with van der Waals surface area (Å²) in [7, 11) is 0. The molecule has 1 heterocycles. The highest BCUT2D eigenvalue weighted by molar-refractivity contribution is 7.99. The Morgan fingerprint density at radius 3 is 2.64 bits per heavy atom. The van der Waals surface area contributed by atoms with Gasteiger partial charge in [0.15, 0.2) is 0 Å². The Balaban J connectivity index is 1.79. The molecular formula is C16H19ClN2O2S. The number of benzene rings is 1. The van der Waals surface area contributed by atoms with E-state index >= 15 is 0 Å².